The molecule has 0 heterocycles. The zero-order valence-corrected chi connectivity index (χ0v) is 12.8. The first-order valence-electron chi connectivity index (χ1n) is 7.11. The smallest absolute Gasteiger partial charge is 0.328 e. The van der Waals surface area contributed by atoms with Crippen LogP contribution in [0.5, 0.6) is 5.75 Å². The summed E-state index contributed by atoms with van der Waals surface area (Å²) in [7, 11) is 0. The minimum atomic E-state index is -1.23. The Bertz CT molecular complexity index is 480. The lowest BCUT2D eigenvalue weighted by Gasteiger charge is -2.20. The lowest BCUT2D eigenvalue weighted by Crippen LogP contribution is -2.49. The molecule has 0 aromatic heterocycles. The predicted octanol–water partition coefficient (Wildman–Crippen LogP) is 2.39. The summed E-state index contributed by atoms with van der Waals surface area (Å²) in [6, 6.07) is 7.77. The van der Waals surface area contributed by atoms with E-state index in [0.29, 0.717) is 19.4 Å². The van der Waals surface area contributed by atoms with Crippen molar-refractivity contribution < 1.29 is 19.4 Å². The second-order valence-electron chi connectivity index (χ2n) is 5.41. The first kappa shape index (κ1) is 17.0. The summed E-state index contributed by atoms with van der Waals surface area (Å²) in [6.45, 7) is 5.52. The number of carbonyl (C=O) groups excluding carboxylic acids is 1. The van der Waals surface area contributed by atoms with Gasteiger partial charge in [0.05, 0.1) is 6.61 Å². The van der Waals surface area contributed by atoms with Crippen molar-refractivity contribution in [2.75, 3.05) is 6.61 Å². The molecule has 0 spiro atoms. The van der Waals surface area contributed by atoms with Crippen LogP contribution in [0.4, 0.5) is 0 Å². The fraction of sp³-hybridized carbons (Fsp3) is 0.500. The highest BCUT2D eigenvalue weighted by Gasteiger charge is 2.28. The third-order valence-corrected chi connectivity index (χ3v) is 3.09. The molecule has 1 aromatic carbocycles. The van der Waals surface area contributed by atoms with Gasteiger partial charge in [-0.25, -0.2) is 4.79 Å². The molecule has 0 unspecified atom stereocenters. The van der Waals surface area contributed by atoms with Gasteiger partial charge in [-0.3, -0.25) is 4.79 Å². The molecule has 0 saturated carbocycles. The van der Waals surface area contributed by atoms with Gasteiger partial charge in [0.25, 0.3) is 0 Å². The Labute approximate surface area is 125 Å². The molecule has 116 valence electrons. The number of carboxylic acid groups (broad SMARTS) is 1. The Hall–Kier alpha value is -2.04. The van der Waals surface area contributed by atoms with E-state index in [4.69, 9.17) is 9.84 Å². The van der Waals surface area contributed by atoms with E-state index in [1.165, 1.54) is 13.8 Å². The number of hydrogen-bond donors (Lipinski definition) is 2. The highest BCUT2D eigenvalue weighted by molar-refractivity contribution is 5.86. The van der Waals surface area contributed by atoms with Crippen molar-refractivity contribution in [2.24, 2.45) is 0 Å². The number of rotatable bonds is 8. The van der Waals surface area contributed by atoms with Gasteiger partial charge in [-0.15, -0.1) is 0 Å². The molecule has 0 radical (unpaired) electrons. The number of benzene rings is 1. The molecule has 5 nitrogen and oxygen atoms in total. The maximum Gasteiger partial charge on any atom is 0.328 e. The molecule has 0 bridgehead atoms. The first-order chi connectivity index (χ1) is 9.85. The number of carbonyl (C=O) groups is 2. The maximum absolute atomic E-state index is 11.7. The monoisotopic (exact) mass is 293 g/mol. The molecular formula is C16H23NO4. The Kier molecular flexibility index (Phi) is 6.21. The van der Waals surface area contributed by atoms with Crippen molar-refractivity contribution in [3.63, 3.8) is 0 Å². The topological polar surface area (TPSA) is 75.6 Å². The Morgan fingerprint density at radius 2 is 1.86 bits per heavy atom. The highest BCUT2D eigenvalue weighted by Crippen LogP contribution is 2.14. The van der Waals surface area contributed by atoms with Crippen molar-refractivity contribution >= 4 is 11.9 Å². The third-order valence-electron chi connectivity index (χ3n) is 3.09. The van der Waals surface area contributed by atoms with Crippen LogP contribution in [0.25, 0.3) is 0 Å². The van der Waals surface area contributed by atoms with E-state index < -0.39 is 11.5 Å². The van der Waals surface area contributed by atoms with Crippen LogP contribution < -0.4 is 10.1 Å². The van der Waals surface area contributed by atoms with Gasteiger partial charge in [0.1, 0.15) is 11.3 Å². The number of aliphatic carboxylic acids is 1. The van der Waals surface area contributed by atoms with Crippen molar-refractivity contribution in [3.8, 4) is 5.75 Å². The zero-order chi connectivity index (χ0) is 15.9. The van der Waals surface area contributed by atoms with Crippen LogP contribution in [0.1, 0.15) is 39.2 Å². The third kappa shape index (κ3) is 5.85. The quantitative estimate of drug-likeness (QED) is 0.771. The average Bonchev–Trinajstić information content (AvgIpc) is 2.40. The van der Waals surface area contributed by atoms with Gasteiger partial charge >= 0.3 is 5.97 Å². The summed E-state index contributed by atoms with van der Waals surface area (Å²) in [5, 5.41) is 11.4. The van der Waals surface area contributed by atoms with Gasteiger partial charge in [-0.05, 0) is 51.3 Å². The molecular weight excluding hydrogens is 270 g/mol. The van der Waals surface area contributed by atoms with Crippen LogP contribution in [0.15, 0.2) is 24.3 Å². The van der Waals surface area contributed by atoms with Gasteiger partial charge in [-0.2, -0.15) is 0 Å². The predicted molar refractivity (Wildman–Crippen MR) is 80.4 cm³/mol. The van der Waals surface area contributed by atoms with Crippen molar-refractivity contribution in [1.82, 2.24) is 5.32 Å². The highest BCUT2D eigenvalue weighted by atomic mass is 16.5. The second kappa shape index (κ2) is 7.67. The lowest BCUT2D eigenvalue weighted by molar-refractivity contribution is -0.146. The van der Waals surface area contributed by atoms with Crippen LogP contribution in [0.3, 0.4) is 0 Å². The molecule has 21 heavy (non-hydrogen) atoms. The summed E-state index contributed by atoms with van der Waals surface area (Å²) in [5.74, 6) is -0.446. The number of amides is 1. The van der Waals surface area contributed by atoms with Gasteiger partial charge in [-0.1, -0.05) is 12.1 Å². The summed E-state index contributed by atoms with van der Waals surface area (Å²) >= 11 is 0. The minimum absolute atomic E-state index is 0.242. The standard InChI is InChI=1S/C16H23NO4/c1-4-21-13-10-8-12(9-11-13)6-5-7-14(18)17-16(2,3)15(19)20/h8-11H,4-7H2,1-3H3,(H,17,18)(H,19,20). The first-order valence-corrected chi connectivity index (χ1v) is 7.11. The molecule has 1 amide bonds. The van der Waals surface area contributed by atoms with E-state index in [-0.39, 0.29) is 5.91 Å². The van der Waals surface area contributed by atoms with Gasteiger partial charge in [0, 0.05) is 6.42 Å². The van der Waals surface area contributed by atoms with E-state index in [0.717, 1.165) is 17.7 Å². The number of aryl methyl sites for hydroxylation is 1. The zero-order valence-electron chi connectivity index (χ0n) is 12.8. The molecule has 0 saturated heterocycles. The van der Waals surface area contributed by atoms with Crippen LogP contribution in [0, 0.1) is 0 Å². The second-order valence-corrected chi connectivity index (χ2v) is 5.41. The summed E-state index contributed by atoms with van der Waals surface area (Å²) < 4.78 is 5.36. The molecule has 0 fully saturated rings. The van der Waals surface area contributed by atoms with Crippen LogP contribution in [0.2, 0.25) is 0 Å². The maximum atomic E-state index is 11.7. The molecule has 0 atom stereocenters. The fourth-order valence-electron chi connectivity index (χ4n) is 1.84. The molecule has 1 rings (SSSR count). The van der Waals surface area contributed by atoms with E-state index in [1.54, 1.807) is 0 Å². The number of hydrogen-bond acceptors (Lipinski definition) is 3. The van der Waals surface area contributed by atoms with Crippen LogP contribution in [-0.2, 0) is 16.0 Å². The summed E-state index contributed by atoms with van der Waals surface area (Å²) in [6.07, 6.45) is 1.76. The largest absolute Gasteiger partial charge is 0.494 e. The SMILES string of the molecule is CCOc1ccc(CCCC(=O)NC(C)(C)C(=O)O)cc1. The molecule has 5 heteroatoms. The van der Waals surface area contributed by atoms with Gasteiger partial charge < -0.3 is 15.2 Å². The molecule has 1 aromatic rings. The molecule has 0 aliphatic heterocycles. The van der Waals surface area contributed by atoms with E-state index in [2.05, 4.69) is 5.32 Å². The van der Waals surface area contributed by atoms with Crippen molar-refractivity contribution in [2.45, 2.75) is 45.6 Å². The lowest BCUT2D eigenvalue weighted by atomic mass is 10.0. The van der Waals surface area contributed by atoms with E-state index in [9.17, 15) is 9.59 Å². The van der Waals surface area contributed by atoms with Crippen molar-refractivity contribution in [1.29, 1.82) is 0 Å². The average molecular weight is 293 g/mol. The summed E-state index contributed by atoms with van der Waals surface area (Å²) in [5.41, 5.74) is -0.0975. The minimum Gasteiger partial charge on any atom is -0.494 e. The van der Waals surface area contributed by atoms with Gasteiger partial charge in [0.2, 0.25) is 5.91 Å². The van der Waals surface area contributed by atoms with E-state index in [1.807, 2.05) is 31.2 Å². The number of nitrogens with one attached hydrogen (secondary N) is 1. The van der Waals surface area contributed by atoms with Gasteiger partial charge in [0.15, 0.2) is 0 Å². The Morgan fingerprint density at radius 1 is 1.24 bits per heavy atom. The van der Waals surface area contributed by atoms with E-state index >= 15 is 0 Å². The Morgan fingerprint density at radius 3 is 2.38 bits per heavy atom. The van der Waals surface area contributed by atoms with Crippen molar-refractivity contribution in [3.05, 3.63) is 29.8 Å². The Balaban J connectivity index is 2.36. The molecule has 2 N–H and O–H groups in total. The van der Waals surface area contributed by atoms with Crippen LogP contribution >= 0.6 is 0 Å². The number of ether oxygens (including phenoxy) is 1. The molecule has 0 aliphatic carbocycles. The molecule has 0 aliphatic rings. The summed E-state index contributed by atoms with van der Waals surface area (Å²) in [4.78, 5) is 22.6. The normalized spacial score (nSPS) is 11.0. The van der Waals surface area contributed by atoms with Crippen LogP contribution in [-0.4, -0.2) is 29.1 Å². The fourth-order valence-corrected chi connectivity index (χ4v) is 1.84. The number of carboxylic acids is 1.